The molecule has 0 saturated carbocycles. The maximum atomic E-state index is 6.05. The van der Waals surface area contributed by atoms with Gasteiger partial charge < -0.3 is 14.6 Å². The van der Waals surface area contributed by atoms with Crippen molar-refractivity contribution in [2.45, 2.75) is 59.0 Å². The van der Waals surface area contributed by atoms with Crippen molar-refractivity contribution in [3.63, 3.8) is 0 Å². The summed E-state index contributed by atoms with van der Waals surface area (Å²) >= 11 is 0. The van der Waals surface area contributed by atoms with Crippen molar-refractivity contribution in [3.05, 3.63) is 29.2 Å². The van der Waals surface area contributed by atoms with E-state index in [1.165, 1.54) is 0 Å². The molecule has 3 rings (SSSR count). The Bertz CT molecular complexity index is 667. The van der Waals surface area contributed by atoms with Crippen LogP contribution in [0.25, 0.3) is 11.4 Å². The fourth-order valence-corrected chi connectivity index (χ4v) is 3.14. The number of benzene rings is 1. The van der Waals surface area contributed by atoms with E-state index >= 15 is 0 Å². The molecule has 24 heavy (non-hydrogen) atoms. The third kappa shape index (κ3) is 3.61. The van der Waals surface area contributed by atoms with Crippen LogP contribution in [0.1, 0.15) is 56.0 Å². The minimum atomic E-state index is 0.213. The third-order valence-electron chi connectivity index (χ3n) is 4.74. The first kappa shape index (κ1) is 17.0. The molecule has 0 amide bonds. The van der Waals surface area contributed by atoms with Crippen LogP contribution in [0.4, 0.5) is 0 Å². The molecule has 0 aliphatic carbocycles. The lowest BCUT2D eigenvalue weighted by Gasteiger charge is -2.18. The van der Waals surface area contributed by atoms with E-state index in [1.807, 2.05) is 0 Å². The molecule has 1 N–H and O–H groups in total. The van der Waals surface area contributed by atoms with Gasteiger partial charge in [0.25, 0.3) is 0 Å². The first-order chi connectivity index (χ1) is 11.6. The second kappa shape index (κ2) is 7.34. The van der Waals surface area contributed by atoms with Crippen molar-refractivity contribution < 1.29 is 9.26 Å². The molecule has 0 unspecified atom stereocenters. The Morgan fingerprint density at radius 2 is 1.92 bits per heavy atom. The van der Waals surface area contributed by atoms with Gasteiger partial charge in [0.15, 0.2) is 0 Å². The standard InChI is InChI=1S/C19H27N3O2/c1-5-14(4)23-17-12(2)10-16(11-13(17)3)18-21-19(24-22-18)15-6-8-20-9-7-15/h10-11,14-15,20H,5-9H2,1-4H3/t14-/m0/s1. The normalized spacial score (nSPS) is 17.0. The monoisotopic (exact) mass is 329 g/mol. The van der Waals surface area contributed by atoms with Crippen LogP contribution in [0, 0.1) is 13.8 Å². The van der Waals surface area contributed by atoms with Crippen molar-refractivity contribution in [1.29, 1.82) is 0 Å². The molecular weight excluding hydrogens is 302 g/mol. The summed E-state index contributed by atoms with van der Waals surface area (Å²) < 4.78 is 11.6. The van der Waals surface area contributed by atoms with Crippen LogP contribution in [0.3, 0.4) is 0 Å². The van der Waals surface area contributed by atoms with Crippen LogP contribution in [0.15, 0.2) is 16.7 Å². The van der Waals surface area contributed by atoms with Gasteiger partial charge in [-0.15, -0.1) is 0 Å². The fourth-order valence-electron chi connectivity index (χ4n) is 3.14. The molecule has 1 aliphatic heterocycles. The Kier molecular flexibility index (Phi) is 5.19. The summed E-state index contributed by atoms with van der Waals surface area (Å²) in [5, 5.41) is 7.56. The van der Waals surface area contributed by atoms with E-state index in [4.69, 9.17) is 9.26 Å². The number of nitrogens with one attached hydrogen (secondary N) is 1. The number of ether oxygens (including phenoxy) is 1. The smallest absolute Gasteiger partial charge is 0.230 e. The molecule has 5 heteroatoms. The van der Waals surface area contributed by atoms with Gasteiger partial charge in [-0.3, -0.25) is 0 Å². The molecule has 1 aromatic carbocycles. The van der Waals surface area contributed by atoms with E-state index in [2.05, 4.69) is 55.3 Å². The van der Waals surface area contributed by atoms with Gasteiger partial charge in [-0.2, -0.15) is 4.98 Å². The molecule has 130 valence electrons. The molecule has 1 fully saturated rings. The second-order valence-corrected chi connectivity index (χ2v) is 6.76. The molecular formula is C19H27N3O2. The summed E-state index contributed by atoms with van der Waals surface area (Å²) in [6.07, 6.45) is 3.32. The Morgan fingerprint density at radius 3 is 2.54 bits per heavy atom. The summed E-state index contributed by atoms with van der Waals surface area (Å²) in [7, 11) is 0. The molecule has 0 bridgehead atoms. The molecule has 5 nitrogen and oxygen atoms in total. The van der Waals surface area contributed by atoms with Gasteiger partial charge in [-0.25, -0.2) is 0 Å². The number of rotatable bonds is 5. The molecule has 1 aliphatic rings. The van der Waals surface area contributed by atoms with Crippen LogP contribution in [0.2, 0.25) is 0 Å². The van der Waals surface area contributed by atoms with E-state index in [1.54, 1.807) is 0 Å². The number of nitrogens with zero attached hydrogens (tertiary/aromatic N) is 2. The molecule has 1 saturated heterocycles. The Morgan fingerprint density at radius 1 is 1.25 bits per heavy atom. The SMILES string of the molecule is CC[C@H](C)Oc1c(C)cc(-c2noc(C3CCNCC3)n2)cc1C. The van der Waals surface area contributed by atoms with Gasteiger partial charge in [0, 0.05) is 11.5 Å². The number of hydrogen-bond donors (Lipinski definition) is 1. The van der Waals surface area contributed by atoms with E-state index in [-0.39, 0.29) is 6.10 Å². The zero-order chi connectivity index (χ0) is 17.1. The lowest BCUT2D eigenvalue weighted by atomic mass is 9.98. The van der Waals surface area contributed by atoms with Crippen LogP contribution < -0.4 is 10.1 Å². The average molecular weight is 329 g/mol. The van der Waals surface area contributed by atoms with Crippen molar-refractivity contribution in [2.24, 2.45) is 0 Å². The Balaban J connectivity index is 1.83. The molecule has 0 spiro atoms. The van der Waals surface area contributed by atoms with Crippen molar-refractivity contribution in [2.75, 3.05) is 13.1 Å². The molecule has 0 radical (unpaired) electrons. The summed E-state index contributed by atoms with van der Waals surface area (Å²) in [5.41, 5.74) is 3.21. The number of aromatic nitrogens is 2. The number of aryl methyl sites for hydroxylation is 2. The van der Waals surface area contributed by atoms with Gasteiger partial charge in [-0.05, 0) is 76.4 Å². The van der Waals surface area contributed by atoms with Crippen molar-refractivity contribution >= 4 is 0 Å². The Labute approximate surface area is 143 Å². The Hall–Kier alpha value is -1.88. The lowest BCUT2D eigenvalue weighted by Crippen LogP contribution is -2.26. The highest BCUT2D eigenvalue weighted by molar-refractivity contribution is 5.61. The fraction of sp³-hybridized carbons (Fsp3) is 0.579. The van der Waals surface area contributed by atoms with E-state index in [0.29, 0.717) is 11.7 Å². The lowest BCUT2D eigenvalue weighted by molar-refractivity contribution is 0.214. The average Bonchev–Trinajstić information content (AvgIpc) is 3.08. The highest BCUT2D eigenvalue weighted by Gasteiger charge is 2.22. The highest BCUT2D eigenvalue weighted by Crippen LogP contribution is 2.31. The predicted octanol–water partition coefficient (Wildman–Crippen LogP) is 4.00. The van der Waals surface area contributed by atoms with Crippen LogP contribution >= 0.6 is 0 Å². The third-order valence-corrected chi connectivity index (χ3v) is 4.74. The molecule has 1 aromatic heterocycles. The van der Waals surface area contributed by atoms with Crippen LogP contribution in [-0.2, 0) is 0 Å². The quantitative estimate of drug-likeness (QED) is 0.898. The van der Waals surface area contributed by atoms with Crippen molar-refractivity contribution in [1.82, 2.24) is 15.5 Å². The second-order valence-electron chi connectivity index (χ2n) is 6.76. The molecule has 1 atom stereocenters. The minimum Gasteiger partial charge on any atom is -0.490 e. The van der Waals surface area contributed by atoms with Gasteiger partial charge in [0.2, 0.25) is 11.7 Å². The minimum absolute atomic E-state index is 0.213. The molecule has 2 heterocycles. The zero-order valence-electron chi connectivity index (χ0n) is 15.1. The zero-order valence-corrected chi connectivity index (χ0v) is 15.1. The summed E-state index contributed by atoms with van der Waals surface area (Å²) in [5.74, 6) is 2.78. The van der Waals surface area contributed by atoms with E-state index in [0.717, 1.165) is 60.7 Å². The van der Waals surface area contributed by atoms with Crippen molar-refractivity contribution in [3.8, 4) is 17.1 Å². The van der Waals surface area contributed by atoms with E-state index < -0.39 is 0 Å². The summed E-state index contributed by atoms with van der Waals surface area (Å²) in [6, 6.07) is 4.17. The van der Waals surface area contributed by atoms with Gasteiger partial charge in [0.1, 0.15) is 5.75 Å². The highest BCUT2D eigenvalue weighted by atomic mass is 16.5. The number of hydrogen-bond acceptors (Lipinski definition) is 5. The van der Waals surface area contributed by atoms with Crippen LogP contribution in [-0.4, -0.2) is 29.3 Å². The summed E-state index contributed by atoms with van der Waals surface area (Å²) in [4.78, 5) is 4.65. The first-order valence-corrected chi connectivity index (χ1v) is 8.91. The molecule has 2 aromatic rings. The van der Waals surface area contributed by atoms with Gasteiger partial charge in [-0.1, -0.05) is 12.1 Å². The van der Waals surface area contributed by atoms with Crippen LogP contribution in [0.5, 0.6) is 5.75 Å². The topological polar surface area (TPSA) is 60.2 Å². The first-order valence-electron chi connectivity index (χ1n) is 8.91. The maximum Gasteiger partial charge on any atom is 0.230 e. The maximum absolute atomic E-state index is 6.05. The van der Waals surface area contributed by atoms with Gasteiger partial charge in [0.05, 0.1) is 6.10 Å². The summed E-state index contributed by atoms with van der Waals surface area (Å²) in [6.45, 7) is 10.4. The number of piperidine rings is 1. The van der Waals surface area contributed by atoms with E-state index in [9.17, 15) is 0 Å². The largest absolute Gasteiger partial charge is 0.490 e. The predicted molar refractivity (Wildman–Crippen MR) is 94.4 cm³/mol. The van der Waals surface area contributed by atoms with Gasteiger partial charge >= 0.3 is 0 Å².